The fraction of sp³-hybridized carbons (Fsp3) is 0.375. The predicted octanol–water partition coefficient (Wildman–Crippen LogP) is 1.70. The van der Waals surface area contributed by atoms with Crippen molar-refractivity contribution in [1.29, 1.82) is 0 Å². The van der Waals surface area contributed by atoms with Crippen LogP contribution in [0.4, 0.5) is 0 Å². The van der Waals surface area contributed by atoms with E-state index < -0.39 is 5.54 Å². The Morgan fingerprint density at radius 3 is 2.81 bits per heavy atom. The molecule has 1 atom stereocenters. The minimum Gasteiger partial charge on any atom is -0.467 e. The molecule has 0 spiro atoms. The Morgan fingerprint density at radius 1 is 1.33 bits per heavy atom. The van der Waals surface area contributed by atoms with Crippen LogP contribution in [0.2, 0.25) is 0 Å². The number of ether oxygens (including phenoxy) is 1. The second kappa shape index (κ2) is 4.91. The van der Waals surface area contributed by atoms with Gasteiger partial charge in [0, 0.05) is 29.9 Å². The molecule has 0 radical (unpaired) electrons. The Balaban J connectivity index is 2.08. The molecule has 1 aliphatic rings. The van der Waals surface area contributed by atoms with Gasteiger partial charge in [0.15, 0.2) is 0 Å². The highest BCUT2D eigenvalue weighted by molar-refractivity contribution is 5.91. The molecule has 1 aromatic heterocycles. The molecule has 0 aliphatic heterocycles. The summed E-state index contributed by atoms with van der Waals surface area (Å²) in [7, 11) is 1.36. The van der Waals surface area contributed by atoms with E-state index in [1.165, 1.54) is 14.0 Å². The topological polar surface area (TPSA) is 71.2 Å². The van der Waals surface area contributed by atoms with Crippen LogP contribution < -0.4 is 5.32 Å². The lowest BCUT2D eigenvalue weighted by Gasteiger charge is -2.35. The number of aryl methyl sites for hydroxylation is 1. The Labute approximate surface area is 122 Å². The van der Waals surface area contributed by atoms with E-state index in [2.05, 4.69) is 10.3 Å². The number of hydrogen-bond acceptors (Lipinski definition) is 3. The maximum absolute atomic E-state index is 12.2. The molecule has 3 rings (SSSR count). The number of aromatic nitrogens is 1. The van der Waals surface area contributed by atoms with Crippen molar-refractivity contribution in [3.63, 3.8) is 0 Å². The van der Waals surface area contributed by atoms with E-state index in [-0.39, 0.29) is 11.9 Å². The number of carbonyl (C=O) groups excluding carboxylic acids is 2. The molecule has 0 fully saturated rings. The van der Waals surface area contributed by atoms with Crippen molar-refractivity contribution in [2.75, 3.05) is 7.11 Å². The fourth-order valence-electron chi connectivity index (χ4n) is 3.26. The van der Waals surface area contributed by atoms with Crippen molar-refractivity contribution in [3.8, 4) is 0 Å². The maximum atomic E-state index is 12.2. The smallest absolute Gasteiger partial charge is 0.331 e. The van der Waals surface area contributed by atoms with Gasteiger partial charge in [-0.15, -0.1) is 0 Å². The number of amides is 1. The molecular formula is C16H18N2O3. The number of fused-ring (bicyclic) bond motifs is 3. The first-order chi connectivity index (χ1) is 10.1. The SMILES string of the molecule is COC(=O)[C@@]1(NC(C)=O)CCc2[nH]c3ccccc3c2C1. The van der Waals surface area contributed by atoms with E-state index in [0.29, 0.717) is 19.3 Å². The van der Waals surface area contributed by atoms with Crippen LogP contribution in [0.5, 0.6) is 0 Å². The predicted molar refractivity (Wildman–Crippen MR) is 78.9 cm³/mol. The van der Waals surface area contributed by atoms with Gasteiger partial charge in [-0.3, -0.25) is 4.79 Å². The largest absolute Gasteiger partial charge is 0.467 e. The number of esters is 1. The van der Waals surface area contributed by atoms with E-state index in [1.54, 1.807) is 0 Å². The highest BCUT2D eigenvalue weighted by atomic mass is 16.5. The lowest BCUT2D eigenvalue weighted by molar-refractivity contribution is -0.151. The highest BCUT2D eigenvalue weighted by Crippen LogP contribution is 2.34. The van der Waals surface area contributed by atoms with E-state index in [0.717, 1.165) is 22.2 Å². The van der Waals surface area contributed by atoms with Crippen molar-refractivity contribution in [2.24, 2.45) is 0 Å². The number of H-pyrrole nitrogens is 1. The minimum atomic E-state index is -0.960. The first-order valence-corrected chi connectivity index (χ1v) is 7.01. The van der Waals surface area contributed by atoms with Gasteiger partial charge in [-0.1, -0.05) is 18.2 Å². The Morgan fingerprint density at radius 2 is 2.10 bits per heavy atom. The average Bonchev–Trinajstić information content (AvgIpc) is 2.83. The molecule has 0 saturated carbocycles. The molecule has 0 unspecified atom stereocenters. The zero-order valence-corrected chi connectivity index (χ0v) is 12.2. The molecular weight excluding hydrogens is 268 g/mol. The Hall–Kier alpha value is -2.30. The van der Waals surface area contributed by atoms with Crippen LogP contribution in [-0.4, -0.2) is 29.5 Å². The second-order valence-corrected chi connectivity index (χ2v) is 5.56. The summed E-state index contributed by atoms with van der Waals surface area (Å²) in [5.41, 5.74) is 2.33. The van der Waals surface area contributed by atoms with Gasteiger partial charge >= 0.3 is 5.97 Å². The first kappa shape index (κ1) is 13.7. The van der Waals surface area contributed by atoms with Crippen LogP contribution in [0.15, 0.2) is 24.3 Å². The number of aromatic amines is 1. The monoisotopic (exact) mass is 286 g/mol. The Bertz CT molecular complexity index is 719. The molecule has 1 amide bonds. The lowest BCUT2D eigenvalue weighted by atomic mass is 9.79. The van der Waals surface area contributed by atoms with Gasteiger partial charge in [0.25, 0.3) is 0 Å². The molecule has 21 heavy (non-hydrogen) atoms. The standard InChI is InChI=1S/C16H18N2O3/c1-10(19)18-16(15(20)21-2)8-7-14-12(9-16)11-5-3-4-6-13(11)17-14/h3-6,17H,7-9H2,1-2H3,(H,18,19)/t16-/m1/s1. The zero-order valence-electron chi connectivity index (χ0n) is 12.2. The number of benzene rings is 1. The molecule has 5 heteroatoms. The van der Waals surface area contributed by atoms with Crippen molar-refractivity contribution in [3.05, 3.63) is 35.5 Å². The number of nitrogens with one attached hydrogen (secondary N) is 2. The van der Waals surface area contributed by atoms with Crippen molar-refractivity contribution in [2.45, 2.75) is 31.7 Å². The van der Waals surface area contributed by atoms with Gasteiger partial charge in [-0.25, -0.2) is 4.79 Å². The summed E-state index contributed by atoms with van der Waals surface area (Å²) in [5.74, 6) is -0.600. The van der Waals surface area contributed by atoms with Crippen LogP contribution >= 0.6 is 0 Å². The summed E-state index contributed by atoms with van der Waals surface area (Å²) in [6.45, 7) is 1.43. The summed E-state index contributed by atoms with van der Waals surface area (Å²) in [6.07, 6.45) is 1.71. The normalized spacial score (nSPS) is 20.9. The molecule has 2 N–H and O–H groups in total. The number of para-hydroxylation sites is 1. The van der Waals surface area contributed by atoms with Gasteiger partial charge in [0.1, 0.15) is 5.54 Å². The summed E-state index contributed by atoms with van der Waals surface area (Å²) >= 11 is 0. The van der Waals surface area contributed by atoms with E-state index in [9.17, 15) is 9.59 Å². The third-order valence-electron chi connectivity index (χ3n) is 4.17. The van der Waals surface area contributed by atoms with E-state index in [1.807, 2.05) is 24.3 Å². The van der Waals surface area contributed by atoms with E-state index in [4.69, 9.17) is 4.74 Å². The molecule has 2 aromatic rings. The molecule has 1 aromatic carbocycles. The minimum absolute atomic E-state index is 0.219. The third kappa shape index (κ3) is 2.18. The second-order valence-electron chi connectivity index (χ2n) is 5.56. The number of carbonyl (C=O) groups is 2. The van der Waals surface area contributed by atoms with Crippen molar-refractivity contribution >= 4 is 22.8 Å². The van der Waals surface area contributed by atoms with Crippen LogP contribution in [0, 0.1) is 0 Å². The molecule has 0 bridgehead atoms. The zero-order chi connectivity index (χ0) is 15.0. The molecule has 1 heterocycles. The van der Waals surface area contributed by atoms with Crippen LogP contribution in [0.25, 0.3) is 10.9 Å². The van der Waals surface area contributed by atoms with Gasteiger partial charge in [0.05, 0.1) is 7.11 Å². The molecule has 5 nitrogen and oxygen atoms in total. The van der Waals surface area contributed by atoms with Crippen LogP contribution in [-0.2, 0) is 27.2 Å². The third-order valence-corrected chi connectivity index (χ3v) is 4.17. The summed E-state index contributed by atoms with van der Waals surface area (Å²) < 4.78 is 4.93. The van der Waals surface area contributed by atoms with Crippen LogP contribution in [0.1, 0.15) is 24.6 Å². The fourth-order valence-corrected chi connectivity index (χ4v) is 3.26. The Kier molecular flexibility index (Phi) is 3.20. The van der Waals surface area contributed by atoms with Gasteiger partial charge in [-0.2, -0.15) is 0 Å². The van der Waals surface area contributed by atoms with Crippen molar-refractivity contribution in [1.82, 2.24) is 10.3 Å². The molecule has 110 valence electrons. The maximum Gasteiger partial charge on any atom is 0.331 e. The summed E-state index contributed by atoms with van der Waals surface area (Å²) in [5, 5.41) is 3.92. The lowest BCUT2D eigenvalue weighted by Crippen LogP contribution is -2.57. The quantitative estimate of drug-likeness (QED) is 0.826. The van der Waals surface area contributed by atoms with Gasteiger partial charge in [0.2, 0.25) is 5.91 Å². The van der Waals surface area contributed by atoms with E-state index >= 15 is 0 Å². The first-order valence-electron chi connectivity index (χ1n) is 7.01. The summed E-state index contributed by atoms with van der Waals surface area (Å²) in [4.78, 5) is 27.2. The number of rotatable bonds is 2. The number of hydrogen-bond donors (Lipinski definition) is 2. The summed E-state index contributed by atoms with van der Waals surface area (Å²) in [6, 6.07) is 8.01. The van der Waals surface area contributed by atoms with Gasteiger partial charge < -0.3 is 15.0 Å². The van der Waals surface area contributed by atoms with Crippen LogP contribution in [0.3, 0.4) is 0 Å². The number of methoxy groups -OCH3 is 1. The average molecular weight is 286 g/mol. The highest BCUT2D eigenvalue weighted by Gasteiger charge is 2.44. The molecule has 0 saturated heterocycles. The van der Waals surface area contributed by atoms with Gasteiger partial charge in [-0.05, 0) is 24.5 Å². The van der Waals surface area contributed by atoms with Crippen molar-refractivity contribution < 1.29 is 14.3 Å². The molecule has 1 aliphatic carbocycles.